The van der Waals surface area contributed by atoms with Crippen molar-refractivity contribution in [1.29, 1.82) is 0 Å². The SMILES string of the molecule is CCOC(=O)c1cnn(Cc2ccc(CN3C[C@@H]4[C@H](C)[C@@H]4C3=O)cc2)c1. The molecule has 2 heterocycles. The van der Waals surface area contributed by atoms with Crippen molar-refractivity contribution >= 4 is 11.9 Å². The number of esters is 1. The Kier molecular flexibility index (Phi) is 4.26. The number of ether oxygens (including phenoxy) is 1. The Morgan fingerprint density at radius 2 is 1.92 bits per heavy atom. The van der Waals surface area contributed by atoms with Crippen LogP contribution in [-0.4, -0.2) is 39.7 Å². The predicted molar refractivity (Wildman–Crippen MR) is 95.3 cm³/mol. The summed E-state index contributed by atoms with van der Waals surface area (Å²) in [6.45, 7) is 6.48. The highest BCUT2D eigenvalue weighted by Gasteiger charge is 2.58. The fourth-order valence-electron chi connectivity index (χ4n) is 3.86. The van der Waals surface area contributed by atoms with E-state index in [2.05, 4.69) is 24.2 Å². The van der Waals surface area contributed by atoms with E-state index < -0.39 is 0 Å². The molecule has 2 aliphatic rings. The zero-order valence-corrected chi connectivity index (χ0v) is 15.1. The Bertz CT molecular complexity index is 827. The van der Waals surface area contributed by atoms with Gasteiger partial charge in [-0.15, -0.1) is 0 Å². The van der Waals surface area contributed by atoms with Gasteiger partial charge in [0.25, 0.3) is 0 Å². The molecule has 0 bridgehead atoms. The molecule has 1 aliphatic carbocycles. The fourth-order valence-corrected chi connectivity index (χ4v) is 3.86. The highest BCUT2D eigenvalue weighted by molar-refractivity contribution is 5.88. The van der Waals surface area contributed by atoms with Crippen molar-refractivity contribution in [1.82, 2.24) is 14.7 Å². The number of amides is 1. The van der Waals surface area contributed by atoms with Gasteiger partial charge in [0.2, 0.25) is 5.91 Å². The van der Waals surface area contributed by atoms with Gasteiger partial charge in [-0.1, -0.05) is 31.2 Å². The maximum Gasteiger partial charge on any atom is 0.341 e. The zero-order valence-electron chi connectivity index (χ0n) is 15.1. The minimum atomic E-state index is -0.350. The van der Waals surface area contributed by atoms with E-state index >= 15 is 0 Å². The summed E-state index contributed by atoms with van der Waals surface area (Å²) in [6, 6.07) is 8.22. The van der Waals surface area contributed by atoms with Crippen LogP contribution in [0.1, 0.15) is 35.3 Å². The molecule has 1 saturated carbocycles. The average Bonchev–Trinajstić information content (AvgIpc) is 2.97. The third kappa shape index (κ3) is 3.11. The molecular weight excluding hydrogens is 330 g/mol. The normalized spacial score (nSPS) is 23.8. The zero-order chi connectivity index (χ0) is 18.3. The number of benzene rings is 1. The van der Waals surface area contributed by atoms with Crippen molar-refractivity contribution in [2.24, 2.45) is 17.8 Å². The van der Waals surface area contributed by atoms with Gasteiger partial charge < -0.3 is 9.64 Å². The average molecular weight is 353 g/mol. The third-order valence-corrected chi connectivity index (χ3v) is 5.48. The molecule has 0 unspecified atom stereocenters. The number of fused-ring (bicyclic) bond motifs is 1. The summed E-state index contributed by atoms with van der Waals surface area (Å²) in [5.74, 6) is 1.40. The summed E-state index contributed by atoms with van der Waals surface area (Å²) < 4.78 is 6.69. The van der Waals surface area contributed by atoms with Gasteiger partial charge in [0.15, 0.2) is 0 Å². The topological polar surface area (TPSA) is 64.4 Å². The predicted octanol–water partition coefficient (Wildman–Crippen LogP) is 2.33. The molecule has 2 aromatic rings. The number of hydrogen-bond acceptors (Lipinski definition) is 4. The molecule has 0 radical (unpaired) electrons. The van der Waals surface area contributed by atoms with Gasteiger partial charge in [0, 0.05) is 25.2 Å². The minimum absolute atomic E-state index is 0.280. The smallest absolute Gasteiger partial charge is 0.341 e. The third-order valence-electron chi connectivity index (χ3n) is 5.48. The maximum atomic E-state index is 12.3. The first-order valence-electron chi connectivity index (χ1n) is 9.13. The molecule has 4 rings (SSSR count). The van der Waals surface area contributed by atoms with E-state index in [1.54, 1.807) is 17.8 Å². The molecule has 6 nitrogen and oxygen atoms in total. The molecule has 26 heavy (non-hydrogen) atoms. The van der Waals surface area contributed by atoms with Gasteiger partial charge >= 0.3 is 5.97 Å². The van der Waals surface area contributed by atoms with Crippen molar-refractivity contribution in [2.75, 3.05) is 13.2 Å². The van der Waals surface area contributed by atoms with Gasteiger partial charge in [-0.2, -0.15) is 5.10 Å². The van der Waals surface area contributed by atoms with Crippen LogP contribution in [0.5, 0.6) is 0 Å². The van der Waals surface area contributed by atoms with Gasteiger partial charge in [0.05, 0.1) is 24.9 Å². The summed E-state index contributed by atoms with van der Waals surface area (Å²) >= 11 is 0. The molecule has 1 amide bonds. The van der Waals surface area contributed by atoms with Crippen LogP contribution in [0, 0.1) is 17.8 Å². The van der Waals surface area contributed by atoms with Gasteiger partial charge in [0.1, 0.15) is 0 Å². The van der Waals surface area contributed by atoms with Gasteiger partial charge in [-0.3, -0.25) is 9.48 Å². The lowest BCUT2D eigenvalue weighted by molar-refractivity contribution is -0.131. The summed E-state index contributed by atoms with van der Waals surface area (Å²) in [5.41, 5.74) is 2.70. The Morgan fingerprint density at radius 3 is 2.54 bits per heavy atom. The number of rotatable bonds is 6. The maximum absolute atomic E-state index is 12.3. The minimum Gasteiger partial charge on any atom is -0.462 e. The van der Waals surface area contributed by atoms with Crippen LogP contribution < -0.4 is 0 Å². The first-order chi connectivity index (χ1) is 12.6. The quantitative estimate of drug-likeness (QED) is 0.748. The lowest BCUT2D eigenvalue weighted by atomic mass is 10.1. The van der Waals surface area contributed by atoms with Crippen molar-refractivity contribution in [2.45, 2.75) is 26.9 Å². The van der Waals surface area contributed by atoms with Crippen molar-refractivity contribution in [3.63, 3.8) is 0 Å². The van der Waals surface area contributed by atoms with E-state index in [1.165, 1.54) is 6.20 Å². The Hall–Kier alpha value is -2.63. The summed E-state index contributed by atoms with van der Waals surface area (Å²) in [5, 5.41) is 4.21. The van der Waals surface area contributed by atoms with Crippen LogP contribution in [0.3, 0.4) is 0 Å². The number of likely N-dealkylation sites (tertiary alicyclic amines) is 1. The number of aromatic nitrogens is 2. The number of hydrogen-bond donors (Lipinski definition) is 0. The van der Waals surface area contributed by atoms with Crippen LogP contribution >= 0.6 is 0 Å². The molecule has 1 aliphatic heterocycles. The monoisotopic (exact) mass is 353 g/mol. The van der Waals surface area contributed by atoms with Gasteiger partial charge in [-0.25, -0.2) is 4.79 Å². The van der Waals surface area contributed by atoms with Crippen molar-refractivity contribution in [3.05, 3.63) is 53.3 Å². The Balaban J connectivity index is 1.35. The molecule has 1 aromatic carbocycles. The highest BCUT2D eigenvalue weighted by Crippen LogP contribution is 2.52. The number of nitrogens with zero attached hydrogens (tertiary/aromatic N) is 3. The molecule has 3 atom stereocenters. The number of carbonyl (C=O) groups is 2. The highest BCUT2D eigenvalue weighted by atomic mass is 16.5. The van der Waals surface area contributed by atoms with E-state index in [0.29, 0.717) is 43.0 Å². The van der Waals surface area contributed by atoms with E-state index in [0.717, 1.165) is 17.7 Å². The van der Waals surface area contributed by atoms with Crippen molar-refractivity contribution in [3.8, 4) is 0 Å². The van der Waals surface area contributed by atoms with Crippen LogP contribution in [-0.2, 0) is 22.6 Å². The second-order valence-electron chi connectivity index (χ2n) is 7.23. The molecular formula is C20H23N3O3. The summed E-state index contributed by atoms with van der Waals surface area (Å²) in [7, 11) is 0. The van der Waals surface area contributed by atoms with E-state index in [-0.39, 0.29) is 11.9 Å². The molecule has 136 valence electrons. The number of piperidine rings is 1. The summed E-state index contributed by atoms with van der Waals surface area (Å²) in [6.07, 6.45) is 3.22. The Morgan fingerprint density at radius 1 is 1.23 bits per heavy atom. The lowest BCUT2D eigenvalue weighted by Crippen LogP contribution is -2.29. The van der Waals surface area contributed by atoms with Crippen LogP contribution in [0.2, 0.25) is 0 Å². The first kappa shape index (κ1) is 16.8. The molecule has 6 heteroatoms. The van der Waals surface area contributed by atoms with E-state index in [4.69, 9.17) is 4.74 Å². The molecule has 0 spiro atoms. The van der Waals surface area contributed by atoms with Gasteiger partial charge in [-0.05, 0) is 29.9 Å². The summed E-state index contributed by atoms with van der Waals surface area (Å²) in [4.78, 5) is 25.9. The fraction of sp³-hybridized carbons (Fsp3) is 0.450. The van der Waals surface area contributed by atoms with Crippen LogP contribution in [0.4, 0.5) is 0 Å². The Labute approximate surface area is 152 Å². The molecule has 1 saturated heterocycles. The second-order valence-corrected chi connectivity index (χ2v) is 7.23. The lowest BCUT2D eigenvalue weighted by Gasteiger charge is -2.19. The standard InChI is InChI=1S/C20H23N3O3/c1-3-26-20(25)16-8-21-23(11-16)10-15-6-4-14(5-7-15)9-22-12-17-13(2)18(17)19(22)24/h4-8,11,13,17-18H,3,9-10,12H2,1-2H3/t13-,17+,18-/m0/s1. The number of carbonyl (C=O) groups excluding carboxylic acids is 2. The van der Waals surface area contributed by atoms with Crippen molar-refractivity contribution < 1.29 is 14.3 Å². The molecule has 1 aromatic heterocycles. The van der Waals surface area contributed by atoms with Crippen LogP contribution in [0.25, 0.3) is 0 Å². The largest absolute Gasteiger partial charge is 0.462 e. The van der Waals surface area contributed by atoms with Crippen LogP contribution in [0.15, 0.2) is 36.7 Å². The second kappa shape index (κ2) is 6.59. The van der Waals surface area contributed by atoms with E-state index in [1.807, 2.05) is 17.0 Å². The first-order valence-corrected chi connectivity index (χ1v) is 9.13. The molecule has 0 N–H and O–H groups in total. The van der Waals surface area contributed by atoms with E-state index in [9.17, 15) is 9.59 Å². The molecule has 2 fully saturated rings.